The molecule has 20 heavy (non-hydrogen) atoms. The van der Waals surface area contributed by atoms with Crippen molar-refractivity contribution >= 4 is 5.69 Å². The molecule has 1 heterocycles. The Kier molecular flexibility index (Phi) is 5.21. The molecule has 0 aliphatic heterocycles. The van der Waals surface area contributed by atoms with Gasteiger partial charge >= 0.3 is 0 Å². The highest BCUT2D eigenvalue weighted by Crippen LogP contribution is 2.18. The summed E-state index contributed by atoms with van der Waals surface area (Å²) in [4.78, 5) is 2.09. The van der Waals surface area contributed by atoms with Crippen molar-refractivity contribution in [3.63, 3.8) is 0 Å². The fourth-order valence-electron chi connectivity index (χ4n) is 2.16. The summed E-state index contributed by atoms with van der Waals surface area (Å²) in [5.74, 6) is 1.78. The Bertz CT molecular complexity index is 509. The number of benzene rings is 1. The molecule has 0 aliphatic rings. The molecule has 4 nitrogen and oxygen atoms in total. The smallest absolute Gasteiger partial charge is 0.123 e. The summed E-state index contributed by atoms with van der Waals surface area (Å²) in [6, 6.07) is 13.9. The minimum Gasteiger partial charge on any atom is -0.464 e. The SMILES string of the molecule is COCC(O)CN(Cc1ccc(C)o1)c1ccccc1. The van der Waals surface area contributed by atoms with E-state index in [-0.39, 0.29) is 0 Å². The summed E-state index contributed by atoms with van der Waals surface area (Å²) in [5, 5.41) is 9.97. The van der Waals surface area contributed by atoms with E-state index in [2.05, 4.69) is 4.90 Å². The number of aliphatic hydroxyl groups excluding tert-OH is 1. The average molecular weight is 275 g/mol. The third-order valence-electron chi connectivity index (χ3n) is 3.05. The van der Waals surface area contributed by atoms with Crippen molar-refractivity contribution in [2.24, 2.45) is 0 Å². The van der Waals surface area contributed by atoms with Crippen molar-refractivity contribution in [2.45, 2.75) is 19.6 Å². The molecule has 1 N–H and O–H groups in total. The van der Waals surface area contributed by atoms with Crippen LogP contribution in [0.1, 0.15) is 11.5 Å². The van der Waals surface area contributed by atoms with E-state index in [4.69, 9.17) is 9.15 Å². The Morgan fingerprint density at radius 1 is 1.20 bits per heavy atom. The number of ether oxygens (including phenoxy) is 1. The third kappa shape index (κ3) is 4.11. The molecular weight excluding hydrogens is 254 g/mol. The van der Waals surface area contributed by atoms with E-state index in [9.17, 15) is 5.11 Å². The first-order valence-electron chi connectivity index (χ1n) is 6.71. The van der Waals surface area contributed by atoms with Crippen LogP contribution in [0.3, 0.4) is 0 Å². The van der Waals surface area contributed by atoms with Crippen molar-refractivity contribution in [3.8, 4) is 0 Å². The van der Waals surface area contributed by atoms with E-state index in [1.807, 2.05) is 49.4 Å². The van der Waals surface area contributed by atoms with Crippen LogP contribution in [-0.2, 0) is 11.3 Å². The van der Waals surface area contributed by atoms with Crippen LogP contribution in [-0.4, -0.2) is 31.5 Å². The molecule has 1 atom stereocenters. The second kappa shape index (κ2) is 7.12. The van der Waals surface area contributed by atoms with Crippen LogP contribution in [0.25, 0.3) is 0 Å². The quantitative estimate of drug-likeness (QED) is 0.843. The summed E-state index contributed by atoms with van der Waals surface area (Å²) in [6.07, 6.45) is -0.531. The summed E-state index contributed by atoms with van der Waals surface area (Å²) in [7, 11) is 1.59. The largest absolute Gasteiger partial charge is 0.464 e. The molecule has 0 bridgehead atoms. The van der Waals surface area contributed by atoms with Crippen LogP contribution in [0.5, 0.6) is 0 Å². The highest BCUT2D eigenvalue weighted by Gasteiger charge is 2.14. The van der Waals surface area contributed by atoms with Crippen LogP contribution < -0.4 is 4.90 Å². The third-order valence-corrected chi connectivity index (χ3v) is 3.05. The first kappa shape index (κ1) is 14.6. The van der Waals surface area contributed by atoms with Crippen molar-refractivity contribution in [2.75, 3.05) is 25.2 Å². The molecule has 0 amide bonds. The van der Waals surface area contributed by atoms with Gasteiger partial charge in [-0.05, 0) is 31.2 Å². The zero-order valence-corrected chi connectivity index (χ0v) is 12.0. The molecule has 2 aromatic rings. The van der Waals surface area contributed by atoms with Gasteiger partial charge in [-0.1, -0.05) is 18.2 Å². The summed E-state index contributed by atoms with van der Waals surface area (Å²) in [5.41, 5.74) is 1.05. The molecule has 0 saturated heterocycles. The fraction of sp³-hybridized carbons (Fsp3) is 0.375. The minimum absolute atomic E-state index is 0.320. The van der Waals surface area contributed by atoms with Gasteiger partial charge in [-0.25, -0.2) is 0 Å². The molecule has 0 aliphatic carbocycles. The highest BCUT2D eigenvalue weighted by atomic mass is 16.5. The number of para-hydroxylation sites is 1. The number of hydrogen-bond acceptors (Lipinski definition) is 4. The second-order valence-corrected chi connectivity index (χ2v) is 4.84. The number of rotatable bonds is 7. The topological polar surface area (TPSA) is 45.8 Å². The van der Waals surface area contributed by atoms with Gasteiger partial charge in [0, 0.05) is 19.3 Å². The standard InChI is InChI=1S/C16H21NO3/c1-13-8-9-16(20-13)11-17(10-15(18)12-19-2)14-6-4-3-5-7-14/h3-9,15,18H,10-12H2,1-2H3. The normalized spacial score (nSPS) is 12.3. The lowest BCUT2D eigenvalue weighted by Crippen LogP contribution is -2.34. The number of furan rings is 1. The van der Waals surface area contributed by atoms with Crippen LogP contribution in [0.2, 0.25) is 0 Å². The van der Waals surface area contributed by atoms with E-state index in [1.54, 1.807) is 7.11 Å². The summed E-state index contributed by atoms with van der Waals surface area (Å²) < 4.78 is 10.6. The van der Waals surface area contributed by atoms with Gasteiger partial charge in [0.1, 0.15) is 11.5 Å². The van der Waals surface area contributed by atoms with Gasteiger partial charge in [-0.3, -0.25) is 0 Å². The van der Waals surface area contributed by atoms with Crippen molar-refractivity contribution in [1.82, 2.24) is 0 Å². The minimum atomic E-state index is -0.531. The summed E-state index contributed by atoms with van der Waals surface area (Å²) in [6.45, 7) is 3.37. The maximum atomic E-state index is 9.97. The van der Waals surface area contributed by atoms with E-state index in [0.717, 1.165) is 17.2 Å². The monoisotopic (exact) mass is 275 g/mol. The lowest BCUT2D eigenvalue weighted by molar-refractivity contribution is 0.0684. The van der Waals surface area contributed by atoms with E-state index in [1.165, 1.54) is 0 Å². The maximum absolute atomic E-state index is 9.97. The zero-order chi connectivity index (χ0) is 14.4. The van der Waals surface area contributed by atoms with Crippen LogP contribution in [0.4, 0.5) is 5.69 Å². The Labute approximate surface area is 119 Å². The van der Waals surface area contributed by atoms with Crippen molar-refractivity contribution < 1.29 is 14.3 Å². The van der Waals surface area contributed by atoms with Gasteiger partial charge in [0.25, 0.3) is 0 Å². The van der Waals surface area contributed by atoms with Crippen LogP contribution >= 0.6 is 0 Å². The number of methoxy groups -OCH3 is 1. The first-order chi connectivity index (χ1) is 9.69. The Morgan fingerprint density at radius 3 is 2.55 bits per heavy atom. The molecule has 2 rings (SSSR count). The Morgan fingerprint density at radius 2 is 1.95 bits per heavy atom. The Hall–Kier alpha value is -1.78. The zero-order valence-electron chi connectivity index (χ0n) is 12.0. The molecule has 1 aromatic heterocycles. The molecule has 0 saturated carbocycles. The number of anilines is 1. The Balaban J connectivity index is 2.11. The lowest BCUT2D eigenvalue weighted by atomic mass is 10.2. The van der Waals surface area contributed by atoms with E-state index < -0.39 is 6.10 Å². The number of aryl methyl sites for hydroxylation is 1. The second-order valence-electron chi connectivity index (χ2n) is 4.84. The van der Waals surface area contributed by atoms with Gasteiger partial charge in [-0.15, -0.1) is 0 Å². The van der Waals surface area contributed by atoms with E-state index in [0.29, 0.717) is 19.7 Å². The molecule has 0 spiro atoms. The fourth-order valence-corrected chi connectivity index (χ4v) is 2.16. The number of nitrogens with zero attached hydrogens (tertiary/aromatic N) is 1. The molecule has 4 heteroatoms. The predicted octanol–water partition coefficient (Wildman–Crippen LogP) is 2.60. The molecular formula is C16H21NO3. The number of aliphatic hydroxyl groups is 1. The van der Waals surface area contributed by atoms with Crippen LogP contribution in [0.15, 0.2) is 46.9 Å². The lowest BCUT2D eigenvalue weighted by Gasteiger charge is -2.26. The molecule has 1 unspecified atom stereocenters. The van der Waals surface area contributed by atoms with Gasteiger partial charge < -0.3 is 19.2 Å². The van der Waals surface area contributed by atoms with Gasteiger partial charge in [0.2, 0.25) is 0 Å². The van der Waals surface area contributed by atoms with Crippen molar-refractivity contribution in [3.05, 3.63) is 54.0 Å². The number of hydrogen-bond donors (Lipinski definition) is 1. The van der Waals surface area contributed by atoms with Gasteiger partial charge in [0.05, 0.1) is 19.3 Å². The first-order valence-corrected chi connectivity index (χ1v) is 6.71. The molecule has 108 valence electrons. The van der Waals surface area contributed by atoms with E-state index >= 15 is 0 Å². The molecule has 0 fully saturated rings. The van der Waals surface area contributed by atoms with Gasteiger partial charge in [0.15, 0.2) is 0 Å². The maximum Gasteiger partial charge on any atom is 0.123 e. The van der Waals surface area contributed by atoms with Gasteiger partial charge in [-0.2, -0.15) is 0 Å². The van der Waals surface area contributed by atoms with Crippen molar-refractivity contribution in [1.29, 1.82) is 0 Å². The average Bonchev–Trinajstić information content (AvgIpc) is 2.85. The molecule has 0 radical (unpaired) electrons. The summed E-state index contributed by atoms with van der Waals surface area (Å²) >= 11 is 0. The predicted molar refractivity (Wildman–Crippen MR) is 78.8 cm³/mol. The molecule has 1 aromatic carbocycles. The van der Waals surface area contributed by atoms with Crippen LogP contribution in [0, 0.1) is 6.92 Å². The highest BCUT2D eigenvalue weighted by molar-refractivity contribution is 5.46.